The number of benzene rings is 1. The Morgan fingerprint density at radius 3 is 2.86 bits per heavy atom. The number of aromatic amines is 1. The van der Waals surface area contributed by atoms with Crippen LogP contribution in [-0.4, -0.2) is 47.6 Å². The molecule has 1 amide bonds. The van der Waals surface area contributed by atoms with Crippen molar-refractivity contribution in [3.8, 4) is 11.8 Å². The standard InChI is InChI=1S/C21H22N6O2/c1-29-16-3-2-15-10-18(26-17(15)11-16)21(28)25-13-14-4-8-27(9-5-14)20-19(12-22)23-6-7-24-20/h2-3,6-7,10-11,14,26H,4-5,8-9,13H2,1H3,(H,25,28). The lowest BCUT2D eigenvalue weighted by atomic mass is 9.96. The van der Waals surface area contributed by atoms with E-state index in [2.05, 4.69) is 31.2 Å². The highest BCUT2D eigenvalue weighted by Crippen LogP contribution is 2.24. The van der Waals surface area contributed by atoms with Crippen LogP contribution in [0.15, 0.2) is 36.7 Å². The van der Waals surface area contributed by atoms with Gasteiger partial charge in [-0.1, -0.05) is 0 Å². The average molecular weight is 390 g/mol. The first kappa shape index (κ1) is 18.7. The number of nitrogens with one attached hydrogen (secondary N) is 2. The number of rotatable bonds is 5. The zero-order valence-corrected chi connectivity index (χ0v) is 16.2. The molecule has 29 heavy (non-hydrogen) atoms. The molecule has 1 aliphatic heterocycles. The molecule has 3 heterocycles. The fourth-order valence-corrected chi connectivity index (χ4v) is 3.68. The van der Waals surface area contributed by atoms with E-state index >= 15 is 0 Å². The van der Waals surface area contributed by atoms with E-state index in [1.165, 1.54) is 6.20 Å². The van der Waals surface area contributed by atoms with Crippen molar-refractivity contribution in [1.82, 2.24) is 20.3 Å². The number of amides is 1. The number of H-pyrrole nitrogens is 1. The lowest BCUT2D eigenvalue weighted by molar-refractivity contribution is 0.0940. The second kappa shape index (κ2) is 8.19. The Balaban J connectivity index is 1.32. The SMILES string of the molecule is COc1ccc2cc(C(=O)NCC3CCN(c4nccnc4C#N)CC3)[nH]c2c1. The molecule has 0 bridgehead atoms. The second-order valence-corrected chi connectivity index (χ2v) is 7.12. The van der Waals surface area contributed by atoms with Gasteiger partial charge in [0.2, 0.25) is 0 Å². The highest BCUT2D eigenvalue weighted by Gasteiger charge is 2.23. The number of nitrogens with zero attached hydrogens (tertiary/aromatic N) is 4. The maximum Gasteiger partial charge on any atom is 0.267 e. The van der Waals surface area contributed by atoms with Gasteiger partial charge in [0.05, 0.1) is 7.11 Å². The number of nitriles is 1. The van der Waals surface area contributed by atoms with Crippen LogP contribution in [0.5, 0.6) is 5.75 Å². The zero-order valence-electron chi connectivity index (χ0n) is 16.2. The Labute approximate surface area is 168 Å². The summed E-state index contributed by atoms with van der Waals surface area (Å²) in [6, 6.07) is 9.63. The quantitative estimate of drug-likeness (QED) is 0.693. The highest BCUT2D eigenvalue weighted by atomic mass is 16.5. The molecule has 1 fully saturated rings. The van der Waals surface area contributed by atoms with Crippen molar-refractivity contribution < 1.29 is 9.53 Å². The molecule has 8 heteroatoms. The van der Waals surface area contributed by atoms with Crippen LogP contribution in [0.25, 0.3) is 10.9 Å². The molecule has 1 aliphatic rings. The molecule has 0 aliphatic carbocycles. The van der Waals surface area contributed by atoms with Crippen molar-refractivity contribution in [2.24, 2.45) is 5.92 Å². The largest absolute Gasteiger partial charge is 0.497 e. The van der Waals surface area contributed by atoms with Crippen LogP contribution in [0.4, 0.5) is 5.82 Å². The highest BCUT2D eigenvalue weighted by molar-refractivity contribution is 5.98. The third-order valence-corrected chi connectivity index (χ3v) is 5.32. The van der Waals surface area contributed by atoms with E-state index < -0.39 is 0 Å². The molecule has 0 spiro atoms. The van der Waals surface area contributed by atoms with Crippen LogP contribution in [0.3, 0.4) is 0 Å². The molecule has 3 aromatic rings. The molecule has 0 radical (unpaired) electrons. The van der Waals surface area contributed by atoms with E-state index in [4.69, 9.17) is 4.74 Å². The normalized spacial score (nSPS) is 14.6. The molecule has 0 saturated carbocycles. The van der Waals surface area contributed by atoms with Crippen molar-refractivity contribution in [3.63, 3.8) is 0 Å². The van der Waals surface area contributed by atoms with Gasteiger partial charge in [0.1, 0.15) is 17.5 Å². The summed E-state index contributed by atoms with van der Waals surface area (Å²) < 4.78 is 5.22. The lowest BCUT2D eigenvalue weighted by Crippen LogP contribution is -2.39. The topological polar surface area (TPSA) is 107 Å². The van der Waals surface area contributed by atoms with Gasteiger partial charge in [0, 0.05) is 49.0 Å². The van der Waals surface area contributed by atoms with Gasteiger partial charge < -0.3 is 19.9 Å². The number of hydrogen-bond donors (Lipinski definition) is 2. The molecule has 1 saturated heterocycles. The Kier molecular flexibility index (Phi) is 5.29. The first-order chi connectivity index (χ1) is 14.2. The van der Waals surface area contributed by atoms with Gasteiger partial charge in [-0.2, -0.15) is 5.26 Å². The number of aromatic nitrogens is 3. The van der Waals surface area contributed by atoms with E-state index in [0.717, 1.165) is 42.6 Å². The Morgan fingerprint density at radius 2 is 2.10 bits per heavy atom. The molecule has 148 valence electrons. The van der Waals surface area contributed by atoms with Crippen LogP contribution in [0.1, 0.15) is 29.0 Å². The maximum atomic E-state index is 12.5. The van der Waals surface area contributed by atoms with Gasteiger partial charge in [-0.15, -0.1) is 0 Å². The van der Waals surface area contributed by atoms with E-state index in [9.17, 15) is 10.1 Å². The van der Waals surface area contributed by atoms with Gasteiger partial charge >= 0.3 is 0 Å². The fourth-order valence-electron chi connectivity index (χ4n) is 3.68. The minimum atomic E-state index is -0.108. The van der Waals surface area contributed by atoms with Crippen LogP contribution < -0.4 is 15.0 Å². The zero-order chi connectivity index (χ0) is 20.2. The summed E-state index contributed by atoms with van der Waals surface area (Å²) in [5, 5.41) is 13.2. The fraction of sp³-hybridized carbons (Fsp3) is 0.333. The van der Waals surface area contributed by atoms with Gasteiger partial charge in [-0.05, 0) is 37.0 Å². The predicted molar refractivity (Wildman–Crippen MR) is 109 cm³/mol. The number of piperidine rings is 1. The van der Waals surface area contributed by atoms with E-state index in [1.54, 1.807) is 13.3 Å². The van der Waals surface area contributed by atoms with E-state index in [-0.39, 0.29) is 5.91 Å². The van der Waals surface area contributed by atoms with Crippen molar-refractivity contribution >= 4 is 22.6 Å². The molecule has 4 rings (SSSR count). The second-order valence-electron chi connectivity index (χ2n) is 7.12. The molecule has 8 nitrogen and oxygen atoms in total. The molecule has 2 aromatic heterocycles. The smallest absolute Gasteiger partial charge is 0.267 e. The van der Waals surface area contributed by atoms with Crippen LogP contribution in [-0.2, 0) is 0 Å². The molecular weight excluding hydrogens is 368 g/mol. The van der Waals surface area contributed by atoms with Crippen LogP contribution >= 0.6 is 0 Å². The van der Waals surface area contributed by atoms with Gasteiger partial charge in [-0.3, -0.25) is 4.79 Å². The van der Waals surface area contributed by atoms with E-state index in [0.29, 0.717) is 29.7 Å². The molecular formula is C21H22N6O2. The first-order valence-electron chi connectivity index (χ1n) is 9.59. The third-order valence-electron chi connectivity index (χ3n) is 5.32. The summed E-state index contributed by atoms with van der Waals surface area (Å²) in [6.07, 6.45) is 4.99. The summed E-state index contributed by atoms with van der Waals surface area (Å²) in [5.74, 6) is 1.68. The minimum absolute atomic E-state index is 0.108. The Morgan fingerprint density at radius 1 is 1.31 bits per heavy atom. The number of hydrogen-bond acceptors (Lipinski definition) is 6. The Bertz CT molecular complexity index is 1060. The number of anilines is 1. The Hall–Kier alpha value is -3.60. The molecule has 0 atom stereocenters. The van der Waals surface area contributed by atoms with Gasteiger partial charge in [0.15, 0.2) is 11.5 Å². The third kappa shape index (κ3) is 3.99. The van der Waals surface area contributed by atoms with Crippen LogP contribution in [0, 0.1) is 17.2 Å². The summed E-state index contributed by atoms with van der Waals surface area (Å²) in [4.78, 5) is 26.2. The predicted octanol–water partition coefficient (Wildman–Crippen LogP) is 2.48. The number of carbonyl (C=O) groups is 1. The molecule has 1 aromatic carbocycles. The first-order valence-corrected chi connectivity index (χ1v) is 9.59. The van der Waals surface area contributed by atoms with Crippen molar-refractivity contribution in [1.29, 1.82) is 5.26 Å². The minimum Gasteiger partial charge on any atom is -0.497 e. The van der Waals surface area contributed by atoms with Crippen molar-refractivity contribution in [2.75, 3.05) is 31.6 Å². The number of ether oxygens (including phenoxy) is 1. The number of carbonyl (C=O) groups excluding carboxylic acids is 1. The van der Waals surface area contributed by atoms with E-state index in [1.807, 2.05) is 24.3 Å². The van der Waals surface area contributed by atoms with Crippen molar-refractivity contribution in [2.45, 2.75) is 12.8 Å². The summed E-state index contributed by atoms with van der Waals surface area (Å²) >= 11 is 0. The van der Waals surface area contributed by atoms with Crippen molar-refractivity contribution in [3.05, 3.63) is 48.0 Å². The monoisotopic (exact) mass is 390 g/mol. The summed E-state index contributed by atoms with van der Waals surface area (Å²) in [5.41, 5.74) is 1.78. The van der Waals surface area contributed by atoms with Gasteiger partial charge in [-0.25, -0.2) is 9.97 Å². The summed E-state index contributed by atoms with van der Waals surface area (Å²) in [6.45, 7) is 2.21. The number of methoxy groups -OCH3 is 1. The summed E-state index contributed by atoms with van der Waals surface area (Å²) in [7, 11) is 1.62. The molecule has 0 unspecified atom stereocenters. The average Bonchev–Trinajstić information content (AvgIpc) is 3.21. The lowest BCUT2D eigenvalue weighted by Gasteiger charge is -2.32. The molecule has 2 N–H and O–H groups in total. The maximum absolute atomic E-state index is 12.5. The number of fused-ring (bicyclic) bond motifs is 1. The van der Waals surface area contributed by atoms with Crippen LogP contribution in [0.2, 0.25) is 0 Å². The van der Waals surface area contributed by atoms with Gasteiger partial charge in [0.25, 0.3) is 5.91 Å².